The molecule has 2 heteroatoms. The second kappa shape index (κ2) is 6.76. The molecule has 0 heterocycles. The van der Waals surface area contributed by atoms with Gasteiger partial charge in [-0.3, -0.25) is 0 Å². The zero-order valence-electron chi connectivity index (χ0n) is 5.03. The molecule has 7 heavy (non-hydrogen) atoms. The van der Waals surface area contributed by atoms with Crippen molar-refractivity contribution in [3.8, 4) is 0 Å². The van der Waals surface area contributed by atoms with E-state index in [0.717, 1.165) is 6.61 Å². The van der Waals surface area contributed by atoms with Gasteiger partial charge in [-0.05, 0) is 0 Å². The van der Waals surface area contributed by atoms with Crippen LogP contribution < -0.4 is 0 Å². The molecule has 0 aliphatic rings. The second-order valence-electron chi connectivity index (χ2n) is 1.33. The van der Waals surface area contributed by atoms with E-state index >= 15 is 0 Å². The Morgan fingerprint density at radius 1 is 1.43 bits per heavy atom. The fourth-order valence-electron chi connectivity index (χ4n) is 0.276. The van der Waals surface area contributed by atoms with Gasteiger partial charge in [0.1, 0.15) is 0 Å². The van der Waals surface area contributed by atoms with Gasteiger partial charge in [-0.15, -0.1) is 0 Å². The predicted octanol–water partition coefficient (Wildman–Crippen LogP) is 1.47. The van der Waals surface area contributed by atoms with Gasteiger partial charge in [-0.1, -0.05) is 0 Å². The van der Waals surface area contributed by atoms with Gasteiger partial charge in [-0.25, -0.2) is 0 Å². The minimum absolute atomic E-state index is 0.319. The van der Waals surface area contributed by atoms with Crippen LogP contribution >= 0.6 is 0 Å². The van der Waals surface area contributed by atoms with Crippen LogP contribution in [-0.4, -0.2) is 28.2 Å². The van der Waals surface area contributed by atoms with Crippen LogP contribution in [-0.2, 0) is 3.07 Å². The molecule has 0 aromatic carbocycles. The van der Waals surface area contributed by atoms with E-state index < -0.39 is 0 Å². The first kappa shape index (κ1) is 7.76. The standard InChI is InChI=1S/C3H7.C2H5O.Sn/c1-3-2;1-2-3;/h1,3H2,2H3;2H2,1H3;/q;-1;+1. The summed E-state index contributed by atoms with van der Waals surface area (Å²) in [5, 5.41) is 0. The fraction of sp³-hybridized carbons (Fsp3) is 1.00. The van der Waals surface area contributed by atoms with Crippen molar-refractivity contribution in [3.05, 3.63) is 0 Å². The second-order valence-corrected chi connectivity index (χ2v) is 4.40. The quantitative estimate of drug-likeness (QED) is 0.500. The molecule has 0 bridgehead atoms. The van der Waals surface area contributed by atoms with E-state index in [9.17, 15) is 0 Å². The van der Waals surface area contributed by atoms with Crippen molar-refractivity contribution < 1.29 is 3.07 Å². The molecule has 0 rings (SSSR count). The zero-order chi connectivity index (χ0) is 5.54. The Balaban J connectivity index is 2.45. The molecule has 42 valence electrons. The van der Waals surface area contributed by atoms with Gasteiger partial charge in [0.15, 0.2) is 0 Å². The molecule has 0 aliphatic carbocycles. The van der Waals surface area contributed by atoms with Crippen molar-refractivity contribution in [2.24, 2.45) is 0 Å². The van der Waals surface area contributed by atoms with Gasteiger partial charge in [0.05, 0.1) is 0 Å². The van der Waals surface area contributed by atoms with Gasteiger partial charge in [0, 0.05) is 0 Å². The number of hydrogen-bond donors (Lipinski definition) is 0. The Labute approximate surface area is 56.2 Å². The summed E-state index contributed by atoms with van der Waals surface area (Å²) in [6.07, 6.45) is 1.31. The van der Waals surface area contributed by atoms with Crippen molar-refractivity contribution in [2.75, 3.05) is 6.61 Å². The summed E-state index contributed by atoms with van der Waals surface area (Å²) in [5.74, 6) is 0. The maximum absolute atomic E-state index is 5.24. The Hall–Kier alpha value is 0.759. The van der Waals surface area contributed by atoms with E-state index in [4.69, 9.17) is 3.07 Å². The summed E-state index contributed by atoms with van der Waals surface area (Å²) in [6, 6.07) is 0. The summed E-state index contributed by atoms with van der Waals surface area (Å²) < 4.78 is 6.62. The average molecular weight is 207 g/mol. The molecule has 0 unspecified atom stereocenters. The van der Waals surface area contributed by atoms with E-state index in [1.54, 1.807) is 0 Å². The maximum atomic E-state index is 5.24. The molecule has 0 N–H and O–H groups in total. The Kier molecular flexibility index (Phi) is 7.49. The van der Waals surface area contributed by atoms with Gasteiger partial charge >= 0.3 is 55.9 Å². The molecule has 0 spiro atoms. The van der Waals surface area contributed by atoms with Crippen molar-refractivity contribution in [3.63, 3.8) is 0 Å². The van der Waals surface area contributed by atoms with Gasteiger partial charge < -0.3 is 0 Å². The van der Waals surface area contributed by atoms with Crippen LogP contribution in [0.2, 0.25) is 4.44 Å². The first-order valence-corrected chi connectivity index (χ1v) is 5.94. The molecule has 2 radical (unpaired) electrons. The normalized spacial score (nSPS) is 9.43. The molecular weight excluding hydrogens is 195 g/mol. The summed E-state index contributed by atoms with van der Waals surface area (Å²) >= 11 is -0.319. The molecule has 0 aromatic heterocycles. The summed E-state index contributed by atoms with van der Waals surface area (Å²) in [6.45, 7) is 5.21. The molecule has 0 atom stereocenters. The SMILES string of the molecule is CC[CH2][Sn][O]CC. The Morgan fingerprint density at radius 3 is 2.57 bits per heavy atom. The molecule has 0 saturated carbocycles. The monoisotopic (exact) mass is 208 g/mol. The first-order valence-electron chi connectivity index (χ1n) is 2.76. The van der Waals surface area contributed by atoms with Crippen LogP contribution in [0.1, 0.15) is 20.3 Å². The average Bonchev–Trinajstić information content (AvgIpc) is 1.69. The van der Waals surface area contributed by atoms with Crippen LogP contribution in [0.4, 0.5) is 0 Å². The third-order valence-corrected chi connectivity index (χ3v) is 4.01. The molecule has 0 amide bonds. The van der Waals surface area contributed by atoms with E-state index in [1.165, 1.54) is 10.9 Å². The van der Waals surface area contributed by atoms with E-state index in [1.807, 2.05) is 0 Å². The van der Waals surface area contributed by atoms with Crippen LogP contribution in [0.15, 0.2) is 0 Å². The van der Waals surface area contributed by atoms with Crippen molar-refractivity contribution >= 4 is 21.6 Å². The van der Waals surface area contributed by atoms with Crippen LogP contribution in [0.5, 0.6) is 0 Å². The van der Waals surface area contributed by atoms with E-state index in [0.29, 0.717) is 0 Å². The number of rotatable bonds is 4. The van der Waals surface area contributed by atoms with Crippen molar-refractivity contribution in [1.29, 1.82) is 0 Å². The molecule has 0 fully saturated rings. The zero-order valence-corrected chi connectivity index (χ0v) is 7.88. The van der Waals surface area contributed by atoms with Crippen LogP contribution in [0, 0.1) is 0 Å². The van der Waals surface area contributed by atoms with Crippen molar-refractivity contribution in [2.45, 2.75) is 24.7 Å². The van der Waals surface area contributed by atoms with E-state index in [2.05, 4.69) is 13.8 Å². The summed E-state index contributed by atoms with van der Waals surface area (Å²) in [7, 11) is 0. The topological polar surface area (TPSA) is 9.23 Å². The summed E-state index contributed by atoms with van der Waals surface area (Å²) in [4.78, 5) is 0. The predicted molar refractivity (Wildman–Crippen MR) is 32.5 cm³/mol. The van der Waals surface area contributed by atoms with Crippen molar-refractivity contribution in [1.82, 2.24) is 0 Å². The fourth-order valence-corrected chi connectivity index (χ4v) is 1.85. The molecule has 0 saturated heterocycles. The Bertz CT molecular complexity index is 27.3. The van der Waals surface area contributed by atoms with E-state index in [-0.39, 0.29) is 21.6 Å². The van der Waals surface area contributed by atoms with Gasteiger partial charge in [0.2, 0.25) is 0 Å². The minimum atomic E-state index is -0.319. The molecular formula is C5H12OSn. The molecule has 0 aliphatic heterocycles. The summed E-state index contributed by atoms with van der Waals surface area (Å²) in [5.41, 5.74) is 0. The van der Waals surface area contributed by atoms with Gasteiger partial charge in [0.25, 0.3) is 0 Å². The molecule has 0 aromatic rings. The first-order chi connectivity index (χ1) is 3.41. The third-order valence-electron chi connectivity index (χ3n) is 0.598. The van der Waals surface area contributed by atoms with Crippen LogP contribution in [0.25, 0.3) is 0 Å². The van der Waals surface area contributed by atoms with Crippen LogP contribution in [0.3, 0.4) is 0 Å². The molecule has 1 nitrogen and oxygen atoms in total. The Morgan fingerprint density at radius 2 is 2.14 bits per heavy atom. The third kappa shape index (κ3) is 6.76. The number of hydrogen-bond acceptors (Lipinski definition) is 1. The van der Waals surface area contributed by atoms with Gasteiger partial charge in [-0.2, -0.15) is 0 Å².